The fraction of sp³-hybridized carbons (Fsp3) is 0.769. The summed E-state index contributed by atoms with van der Waals surface area (Å²) >= 11 is 0. The Morgan fingerprint density at radius 3 is 2.65 bits per heavy atom. The molecular weight excluding hydrogens is 260 g/mol. The first-order valence-corrected chi connectivity index (χ1v) is 7.13. The fourth-order valence-electron chi connectivity index (χ4n) is 3.47. The first kappa shape index (κ1) is 13.4. The Hall–Kier alpha value is -1.63. The number of imide groups is 1. The molecule has 0 aliphatic carbocycles. The smallest absolute Gasteiger partial charge is 0.322 e. The maximum Gasteiger partial charge on any atom is 0.322 e. The van der Waals surface area contributed by atoms with E-state index in [0.29, 0.717) is 13.0 Å². The zero-order valence-electron chi connectivity index (χ0n) is 11.6. The van der Waals surface area contributed by atoms with Crippen LogP contribution in [0.5, 0.6) is 0 Å². The van der Waals surface area contributed by atoms with Crippen LogP contribution in [0.2, 0.25) is 0 Å². The number of amides is 4. The number of rotatable bonds is 1. The summed E-state index contributed by atoms with van der Waals surface area (Å²) in [4.78, 5) is 37.7. The van der Waals surface area contributed by atoms with E-state index in [4.69, 9.17) is 0 Å². The van der Waals surface area contributed by atoms with Crippen molar-refractivity contribution in [3.8, 4) is 0 Å². The van der Waals surface area contributed by atoms with Gasteiger partial charge < -0.3 is 15.5 Å². The monoisotopic (exact) mass is 280 g/mol. The average molecular weight is 280 g/mol. The van der Waals surface area contributed by atoms with Crippen LogP contribution < -0.4 is 16.0 Å². The molecular formula is C13H20N4O3. The standard InChI is InChI=1S/C13H20N4O3/c1-12(4-2-6-14-12)10(19)17-7-3-5-13(8-17)9(18)15-11(20)16-13/h14H,2-8H2,1H3,(H2,15,16,18,20). The summed E-state index contributed by atoms with van der Waals surface area (Å²) in [5.41, 5.74) is -1.46. The third kappa shape index (κ3) is 1.96. The molecule has 0 radical (unpaired) electrons. The van der Waals surface area contributed by atoms with Crippen molar-refractivity contribution in [2.24, 2.45) is 0 Å². The Kier molecular flexibility index (Phi) is 2.97. The van der Waals surface area contributed by atoms with Crippen LogP contribution in [-0.4, -0.2) is 53.5 Å². The quantitative estimate of drug-likeness (QED) is 0.556. The highest BCUT2D eigenvalue weighted by atomic mass is 16.2. The maximum absolute atomic E-state index is 12.7. The van der Waals surface area contributed by atoms with E-state index < -0.39 is 17.1 Å². The van der Waals surface area contributed by atoms with Gasteiger partial charge in [0.15, 0.2) is 0 Å². The van der Waals surface area contributed by atoms with Crippen molar-refractivity contribution in [2.45, 2.75) is 43.7 Å². The molecule has 3 heterocycles. The molecule has 2 atom stereocenters. The van der Waals surface area contributed by atoms with Gasteiger partial charge in [-0.3, -0.25) is 14.9 Å². The second-order valence-corrected chi connectivity index (χ2v) is 6.18. The zero-order valence-corrected chi connectivity index (χ0v) is 11.6. The number of hydrogen-bond acceptors (Lipinski definition) is 4. The van der Waals surface area contributed by atoms with Gasteiger partial charge >= 0.3 is 6.03 Å². The van der Waals surface area contributed by atoms with Crippen molar-refractivity contribution in [3.63, 3.8) is 0 Å². The normalized spacial score (nSPS) is 37.1. The average Bonchev–Trinajstić information content (AvgIpc) is 2.95. The van der Waals surface area contributed by atoms with Crippen LogP contribution in [0, 0.1) is 0 Å². The largest absolute Gasteiger partial charge is 0.338 e. The molecule has 3 N–H and O–H groups in total. The fourth-order valence-corrected chi connectivity index (χ4v) is 3.47. The first-order valence-electron chi connectivity index (χ1n) is 7.13. The van der Waals surface area contributed by atoms with Crippen LogP contribution >= 0.6 is 0 Å². The van der Waals surface area contributed by atoms with Crippen LogP contribution in [0.1, 0.15) is 32.6 Å². The van der Waals surface area contributed by atoms with E-state index in [0.717, 1.165) is 25.8 Å². The van der Waals surface area contributed by atoms with E-state index in [2.05, 4.69) is 16.0 Å². The highest BCUT2D eigenvalue weighted by Gasteiger charge is 2.51. The predicted octanol–water partition coefficient (Wildman–Crippen LogP) is -0.671. The van der Waals surface area contributed by atoms with Gasteiger partial charge in [-0.1, -0.05) is 0 Å². The minimum Gasteiger partial charge on any atom is -0.338 e. The van der Waals surface area contributed by atoms with Crippen molar-refractivity contribution < 1.29 is 14.4 Å². The highest BCUT2D eigenvalue weighted by Crippen LogP contribution is 2.28. The molecule has 0 bridgehead atoms. The predicted molar refractivity (Wildman–Crippen MR) is 70.9 cm³/mol. The van der Waals surface area contributed by atoms with Crippen molar-refractivity contribution >= 4 is 17.8 Å². The van der Waals surface area contributed by atoms with Crippen LogP contribution in [0.15, 0.2) is 0 Å². The van der Waals surface area contributed by atoms with E-state index in [1.165, 1.54) is 0 Å². The number of hydrogen-bond donors (Lipinski definition) is 3. The topological polar surface area (TPSA) is 90.5 Å². The van der Waals surface area contributed by atoms with E-state index in [1.54, 1.807) is 4.90 Å². The van der Waals surface area contributed by atoms with Crippen molar-refractivity contribution in [1.29, 1.82) is 0 Å². The molecule has 0 aromatic heterocycles. The number of nitrogens with zero attached hydrogens (tertiary/aromatic N) is 1. The minimum absolute atomic E-state index is 0.0306. The van der Waals surface area contributed by atoms with Gasteiger partial charge in [-0.25, -0.2) is 4.79 Å². The molecule has 0 aromatic rings. The third-order valence-electron chi connectivity index (χ3n) is 4.63. The second kappa shape index (κ2) is 4.44. The number of carbonyl (C=O) groups is 3. The molecule has 2 unspecified atom stereocenters. The molecule has 0 saturated carbocycles. The second-order valence-electron chi connectivity index (χ2n) is 6.18. The molecule has 7 heteroatoms. The van der Waals surface area contributed by atoms with Gasteiger partial charge in [-0.05, 0) is 39.2 Å². The summed E-state index contributed by atoms with van der Waals surface area (Å²) in [5.74, 6) is -0.285. The molecule has 3 fully saturated rings. The third-order valence-corrected chi connectivity index (χ3v) is 4.63. The van der Waals surface area contributed by atoms with Gasteiger partial charge in [-0.2, -0.15) is 0 Å². The Balaban J connectivity index is 1.77. The molecule has 7 nitrogen and oxygen atoms in total. The number of likely N-dealkylation sites (tertiary alicyclic amines) is 1. The van der Waals surface area contributed by atoms with E-state index in [1.807, 2.05) is 6.92 Å². The summed E-state index contributed by atoms with van der Waals surface area (Å²) in [6, 6.07) is -0.463. The Morgan fingerprint density at radius 2 is 2.05 bits per heavy atom. The lowest BCUT2D eigenvalue weighted by molar-refractivity contribution is -0.141. The molecule has 20 heavy (non-hydrogen) atoms. The molecule has 3 aliphatic rings. The van der Waals surface area contributed by atoms with Gasteiger partial charge in [0.2, 0.25) is 5.91 Å². The lowest BCUT2D eigenvalue weighted by atomic mass is 9.87. The minimum atomic E-state index is -0.931. The number of urea groups is 1. The number of carbonyl (C=O) groups excluding carboxylic acids is 3. The maximum atomic E-state index is 12.7. The molecule has 3 aliphatic heterocycles. The summed E-state index contributed by atoms with van der Waals surface area (Å²) in [6.07, 6.45) is 3.10. The molecule has 110 valence electrons. The molecule has 0 aromatic carbocycles. The van der Waals surface area contributed by atoms with Gasteiger partial charge in [0.1, 0.15) is 5.54 Å². The SMILES string of the molecule is CC1(C(=O)N2CCCC3(C2)NC(=O)NC3=O)CCCN1. The van der Waals surface area contributed by atoms with Crippen LogP contribution in [-0.2, 0) is 9.59 Å². The molecule has 1 spiro atoms. The Labute approximate surface area is 117 Å². The lowest BCUT2D eigenvalue weighted by Gasteiger charge is -2.41. The van der Waals surface area contributed by atoms with Crippen LogP contribution in [0.25, 0.3) is 0 Å². The van der Waals surface area contributed by atoms with Crippen LogP contribution in [0.3, 0.4) is 0 Å². The van der Waals surface area contributed by atoms with E-state index in [9.17, 15) is 14.4 Å². The van der Waals surface area contributed by atoms with Crippen molar-refractivity contribution in [2.75, 3.05) is 19.6 Å². The van der Waals surface area contributed by atoms with Gasteiger partial charge in [0, 0.05) is 6.54 Å². The van der Waals surface area contributed by atoms with Gasteiger partial charge in [0.25, 0.3) is 5.91 Å². The molecule has 4 amide bonds. The van der Waals surface area contributed by atoms with Crippen molar-refractivity contribution in [3.05, 3.63) is 0 Å². The zero-order chi connectivity index (χ0) is 14.4. The highest BCUT2D eigenvalue weighted by molar-refractivity contribution is 6.07. The van der Waals surface area contributed by atoms with E-state index in [-0.39, 0.29) is 18.4 Å². The first-order chi connectivity index (χ1) is 9.45. The molecule has 3 rings (SSSR count). The summed E-state index contributed by atoms with van der Waals surface area (Å²) in [6.45, 7) is 3.66. The number of nitrogens with one attached hydrogen (secondary N) is 3. The Bertz CT molecular complexity index is 472. The summed E-state index contributed by atoms with van der Waals surface area (Å²) in [7, 11) is 0. The van der Waals surface area contributed by atoms with Crippen LogP contribution in [0.4, 0.5) is 4.79 Å². The van der Waals surface area contributed by atoms with E-state index >= 15 is 0 Å². The van der Waals surface area contributed by atoms with Gasteiger partial charge in [-0.15, -0.1) is 0 Å². The van der Waals surface area contributed by atoms with Gasteiger partial charge in [0.05, 0.1) is 12.1 Å². The number of piperidine rings is 1. The Morgan fingerprint density at radius 1 is 1.25 bits per heavy atom. The molecule has 3 saturated heterocycles. The lowest BCUT2D eigenvalue weighted by Crippen LogP contribution is -2.63. The summed E-state index contributed by atoms with van der Waals surface area (Å²) < 4.78 is 0. The van der Waals surface area contributed by atoms with Crippen molar-refractivity contribution in [1.82, 2.24) is 20.9 Å². The summed E-state index contributed by atoms with van der Waals surface area (Å²) in [5, 5.41) is 8.22.